The third-order valence-electron chi connectivity index (χ3n) is 3.34. The molecule has 1 saturated heterocycles. The maximum absolute atomic E-state index is 12.1. The maximum atomic E-state index is 12.1. The van der Waals surface area contributed by atoms with Crippen LogP contribution in [0, 0.1) is 0 Å². The number of pyridine rings is 1. The number of halogens is 4. The summed E-state index contributed by atoms with van der Waals surface area (Å²) in [5.41, 5.74) is 0.297. The van der Waals surface area contributed by atoms with Crippen LogP contribution in [0.4, 0.5) is 13.2 Å². The first-order valence-corrected chi connectivity index (χ1v) is 7.03. The van der Waals surface area contributed by atoms with E-state index in [-0.39, 0.29) is 30.2 Å². The van der Waals surface area contributed by atoms with E-state index in [1.165, 1.54) is 18.3 Å². The van der Waals surface area contributed by atoms with Crippen LogP contribution < -0.4 is 15.4 Å². The van der Waals surface area contributed by atoms with E-state index in [2.05, 4.69) is 20.4 Å². The van der Waals surface area contributed by atoms with Gasteiger partial charge in [0.2, 0.25) is 5.88 Å². The number of hydrogen-bond donors (Lipinski definition) is 2. The van der Waals surface area contributed by atoms with E-state index in [0.717, 1.165) is 19.4 Å². The SMILES string of the molecule is CC1CC(NC(=O)c2ccc(OCC(F)(F)F)nc2)CCN1.Cl. The molecule has 0 radical (unpaired) electrons. The minimum absolute atomic E-state index is 0. The second kappa shape index (κ2) is 8.35. The molecule has 5 nitrogen and oxygen atoms in total. The molecule has 0 bridgehead atoms. The van der Waals surface area contributed by atoms with Crippen LogP contribution in [0.3, 0.4) is 0 Å². The van der Waals surface area contributed by atoms with Crippen molar-refractivity contribution >= 4 is 18.3 Å². The van der Waals surface area contributed by atoms with Crippen molar-refractivity contribution in [2.75, 3.05) is 13.2 Å². The predicted molar refractivity (Wildman–Crippen MR) is 81.0 cm³/mol. The Balaban J connectivity index is 0.00000264. The van der Waals surface area contributed by atoms with E-state index in [4.69, 9.17) is 0 Å². The highest BCUT2D eigenvalue weighted by Gasteiger charge is 2.28. The zero-order chi connectivity index (χ0) is 16.2. The van der Waals surface area contributed by atoms with E-state index in [9.17, 15) is 18.0 Å². The van der Waals surface area contributed by atoms with Crippen molar-refractivity contribution in [1.29, 1.82) is 0 Å². The molecule has 1 aromatic heterocycles. The fraction of sp³-hybridized carbons (Fsp3) is 0.571. The highest BCUT2D eigenvalue weighted by atomic mass is 35.5. The largest absolute Gasteiger partial charge is 0.468 e. The van der Waals surface area contributed by atoms with Gasteiger partial charge in [-0.25, -0.2) is 4.98 Å². The number of amides is 1. The van der Waals surface area contributed by atoms with Gasteiger partial charge < -0.3 is 15.4 Å². The minimum atomic E-state index is -4.41. The van der Waals surface area contributed by atoms with Crippen molar-refractivity contribution in [2.45, 2.75) is 38.0 Å². The van der Waals surface area contributed by atoms with Crippen LogP contribution in [0.25, 0.3) is 0 Å². The van der Waals surface area contributed by atoms with Crippen LogP contribution >= 0.6 is 12.4 Å². The van der Waals surface area contributed by atoms with Gasteiger partial charge in [0.25, 0.3) is 5.91 Å². The van der Waals surface area contributed by atoms with Crippen LogP contribution in [0.1, 0.15) is 30.1 Å². The second-order valence-corrected chi connectivity index (χ2v) is 5.34. The number of ether oxygens (including phenoxy) is 1. The Hall–Kier alpha value is -1.54. The molecule has 2 atom stereocenters. The van der Waals surface area contributed by atoms with Gasteiger partial charge in [0.15, 0.2) is 6.61 Å². The Morgan fingerprint density at radius 3 is 2.78 bits per heavy atom. The van der Waals surface area contributed by atoms with Gasteiger partial charge in [0.1, 0.15) is 0 Å². The molecule has 1 fully saturated rings. The molecular weight excluding hydrogens is 335 g/mol. The lowest BCUT2D eigenvalue weighted by molar-refractivity contribution is -0.154. The quantitative estimate of drug-likeness (QED) is 0.872. The molecular formula is C14H19ClF3N3O2. The lowest BCUT2D eigenvalue weighted by atomic mass is 10.0. The van der Waals surface area contributed by atoms with Gasteiger partial charge in [0, 0.05) is 24.3 Å². The third-order valence-corrected chi connectivity index (χ3v) is 3.34. The number of hydrogen-bond acceptors (Lipinski definition) is 4. The molecule has 1 amide bonds. The zero-order valence-electron chi connectivity index (χ0n) is 12.5. The fourth-order valence-electron chi connectivity index (χ4n) is 2.29. The lowest BCUT2D eigenvalue weighted by Gasteiger charge is -2.28. The van der Waals surface area contributed by atoms with Crippen molar-refractivity contribution in [2.24, 2.45) is 0 Å². The van der Waals surface area contributed by atoms with Gasteiger partial charge in [-0.05, 0) is 32.4 Å². The summed E-state index contributed by atoms with van der Waals surface area (Å²) in [5.74, 6) is -0.446. The molecule has 2 N–H and O–H groups in total. The molecule has 23 heavy (non-hydrogen) atoms. The number of aromatic nitrogens is 1. The van der Waals surface area contributed by atoms with Crippen molar-refractivity contribution in [3.8, 4) is 5.88 Å². The van der Waals surface area contributed by atoms with E-state index in [1.807, 2.05) is 6.92 Å². The van der Waals surface area contributed by atoms with Crippen molar-refractivity contribution in [3.05, 3.63) is 23.9 Å². The number of nitrogens with one attached hydrogen (secondary N) is 2. The van der Waals surface area contributed by atoms with E-state index in [1.54, 1.807) is 0 Å². The van der Waals surface area contributed by atoms with Gasteiger partial charge in [-0.3, -0.25) is 4.79 Å². The third kappa shape index (κ3) is 6.62. The predicted octanol–water partition coefficient (Wildman–Crippen LogP) is 2.31. The van der Waals surface area contributed by atoms with E-state index < -0.39 is 12.8 Å². The molecule has 2 unspecified atom stereocenters. The van der Waals surface area contributed by atoms with Crippen LogP contribution in [0.2, 0.25) is 0 Å². The summed E-state index contributed by atoms with van der Waals surface area (Å²) in [4.78, 5) is 15.8. The molecule has 0 aliphatic carbocycles. The molecule has 1 aliphatic rings. The van der Waals surface area contributed by atoms with Gasteiger partial charge in [-0.15, -0.1) is 12.4 Å². The molecule has 1 aromatic rings. The van der Waals surface area contributed by atoms with Gasteiger partial charge in [-0.2, -0.15) is 13.2 Å². The summed E-state index contributed by atoms with van der Waals surface area (Å²) >= 11 is 0. The van der Waals surface area contributed by atoms with E-state index >= 15 is 0 Å². The molecule has 130 valence electrons. The Morgan fingerprint density at radius 2 is 2.22 bits per heavy atom. The molecule has 0 aromatic carbocycles. The first kappa shape index (κ1) is 19.5. The van der Waals surface area contributed by atoms with Crippen LogP contribution in [0.15, 0.2) is 18.3 Å². The Morgan fingerprint density at radius 1 is 1.48 bits per heavy atom. The lowest BCUT2D eigenvalue weighted by Crippen LogP contribution is -2.46. The van der Waals surface area contributed by atoms with Crippen molar-refractivity contribution in [3.63, 3.8) is 0 Å². The number of piperidine rings is 1. The Bertz CT molecular complexity index is 511. The first-order chi connectivity index (χ1) is 10.3. The van der Waals surface area contributed by atoms with E-state index in [0.29, 0.717) is 11.6 Å². The second-order valence-electron chi connectivity index (χ2n) is 5.34. The number of carbonyl (C=O) groups excluding carboxylic acids is 1. The molecule has 1 aliphatic heterocycles. The Kier molecular flexibility index (Phi) is 7.08. The summed E-state index contributed by atoms with van der Waals surface area (Å²) in [6.45, 7) is 1.49. The number of nitrogens with zero attached hydrogens (tertiary/aromatic N) is 1. The zero-order valence-corrected chi connectivity index (χ0v) is 13.3. The molecule has 9 heteroatoms. The summed E-state index contributed by atoms with van der Waals surface area (Å²) in [7, 11) is 0. The molecule has 2 rings (SSSR count). The normalized spacial score (nSPS) is 21.2. The highest BCUT2D eigenvalue weighted by molar-refractivity contribution is 5.94. The summed E-state index contributed by atoms with van der Waals surface area (Å²) in [6.07, 6.45) is -1.52. The standard InChI is InChI=1S/C14H18F3N3O2.ClH/c1-9-6-11(4-5-18-9)20-13(21)10-2-3-12(19-7-10)22-8-14(15,16)17;/h2-3,7,9,11,18H,4-6,8H2,1H3,(H,20,21);1H. The molecule has 0 spiro atoms. The van der Waals surface area contributed by atoms with Gasteiger partial charge in [-0.1, -0.05) is 0 Å². The molecule has 0 saturated carbocycles. The van der Waals surface area contributed by atoms with Crippen LogP contribution in [-0.2, 0) is 0 Å². The Labute approximate surface area is 138 Å². The minimum Gasteiger partial charge on any atom is -0.468 e. The first-order valence-electron chi connectivity index (χ1n) is 7.03. The van der Waals surface area contributed by atoms with Crippen molar-refractivity contribution in [1.82, 2.24) is 15.6 Å². The number of rotatable bonds is 4. The molecule has 2 heterocycles. The summed E-state index contributed by atoms with van der Waals surface area (Å²) in [6, 6.07) is 3.09. The smallest absolute Gasteiger partial charge is 0.422 e. The fourth-order valence-corrected chi connectivity index (χ4v) is 2.29. The summed E-state index contributed by atoms with van der Waals surface area (Å²) < 4.78 is 40.5. The van der Waals surface area contributed by atoms with Gasteiger partial charge >= 0.3 is 6.18 Å². The van der Waals surface area contributed by atoms with Gasteiger partial charge in [0.05, 0.1) is 5.56 Å². The van der Waals surface area contributed by atoms with Crippen LogP contribution in [0.5, 0.6) is 5.88 Å². The van der Waals surface area contributed by atoms with Crippen LogP contribution in [-0.4, -0.2) is 42.3 Å². The topological polar surface area (TPSA) is 63.2 Å². The van der Waals surface area contributed by atoms with Crippen molar-refractivity contribution < 1.29 is 22.7 Å². The highest BCUT2D eigenvalue weighted by Crippen LogP contribution is 2.17. The average Bonchev–Trinajstić information content (AvgIpc) is 2.45. The number of alkyl halides is 3. The average molecular weight is 354 g/mol. The monoisotopic (exact) mass is 353 g/mol. The maximum Gasteiger partial charge on any atom is 0.422 e. The summed E-state index contributed by atoms with van der Waals surface area (Å²) in [5, 5.41) is 6.19. The number of carbonyl (C=O) groups is 1.